The Morgan fingerprint density at radius 1 is 1.26 bits per heavy atom. The van der Waals surface area contributed by atoms with Crippen LogP contribution in [0.5, 0.6) is 0 Å². The number of thiophene rings is 1. The van der Waals surface area contributed by atoms with E-state index in [-0.39, 0.29) is 5.39 Å². The molecule has 0 amide bonds. The van der Waals surface area contributed by atoms with Crippen molar-refractivity contribution < 1.29 is 17.7 Å². The Kier molecular flexibility index (Phi) is 2.53. The number of alkyl halides is 3. The molecule has 0 spiro atoms. The lowest BCUT2D eigenvalue weighted by Crippen LogP contribution is -2.04. The van der Waals surface area contributed by atoms with Crippen molar-refractivity contribution in [3.63, 3.8) is 0 Å². The highest BCUT2D eigenvalue weighted by molar-refractivity contribution is 7.22. The van der Waals surface area contributed by atoms with Crippen molar-refractivity contribution in [2.24, 2.45) is 0 Å². The second kappa shape index (κ2) is 3.99. The van der Waals surface area contributed by atoms with Crippen molar-refractivity contribution in [1.82, 2.24) is 5.16 Å². The van der Waals surface area contributed by atoms with E-state index in [2.05, 4.69) is 5.16 Å². The highest BCUT2D eigenvalue weighted by Crippen LogP contribution is 2.41. The van der Waals surface area contributed by atoms with Crippen LogP contribution in [-0.2, 0) is 6.18 Å². The first-order chi connectivity index (χ1) is 8.97. The Labute approximate surface area is 109 Å². The average molecular weight is 284 g/mol. The molecule has 2 heterocycles. The summed E-state index contributed by atoms with van der Waals surface area (Å²) in [6.07, 6.45) is -3.06. The van der Waals surface area contributed by atoms with Gasteiger partial charge in [-0.1, -0.05) is 11.2 Å². The first kappa shape index (κ1) is 12.0. The fourth-order valence-electron chi connectivity index (χ4n) is 1.85. The summed E-state index contributed by atoms with van der Waals surface area (Å²) >= 11 is 1.19. The lowest BCUT2D eigenvalue weighted by Gasteiger charge is -2.06. The second-order valence-electron chi connectivity index (χ2n) is 3.94. The van der Waals surface area contributed by atoms with E-state index in [4.69, 9.17) is 10.3 Å². The lowest BCUT2D eigenvalue weighted by molar-refractivity contribution is -0.136. The maximum atomic E-state index is 12.9. The van der Waals surface area contributed by atoms with Crippen LogP contribution in [0, 0.1) is 0 Å². The molecule has 98 valence electrons. The molecule has 1 aromatic carbocycles. The van der Waals surface area contributed by atoms with Crippen molar-refractivity contribution in [3.05, 3.63) is 36.0 Å². The van der Waals surface area contributed by atoms with Gasteiger partial charge >= 0.3 is 6.18 Å². The third kappa shape index (κ3) is 1.95. The molecule has 2 aromatic heterocycles. The van der Waals surface area contributed by atoms with Gasteiger partial charge in [0.25, 0.3) is 0 Å². The van der Waals surface area contributed by atoms with Gasteiger partial charge < -0.3 is 10.3 Å². The van der Waals surface area contributed by atoms with E-state index in [1.165, 1.54) is 29.7 Å². The third-order valence-corrected chi connectivity index (χ3v) is 3.79. The van der Waals surface area contributed by atoms with Gasteiger partial charge in [0.1, 0.15) is 5.69 Å². The molecule has 3 rings (SSSR count). The zero-order chi connectivity index (χ0) is 13.6. The molecule has 0 fully saturated rings. The summed E-state index contributed by atoms with van der Waals surface area (Å²) in [5.41, 5.74) is 5.29. The normalized spacial score (nSPS) is 12.2. The first-order valence-corrected chi connectivity index (χ1v) is 6.09. The largest absolute Gasteiger partial charge is 0.417 e. The smallest absolute Gasteiger partial charge is 0.394 e. The van der Waals surface area contributed by atoms with Gasteiger partial charge in [0, 0.05) is 10.1 Å². The SMILES string of the molecule is Nc1cnoc1-c1cc2c(C(F)(F)F)cccc2s1. The van der Waals surface area contributed by atoms with E-state index < -0.39 is 11.7 Å². The van der Waals surface area contributed by atoms with Gasteiger partial charge in [0.05, 0.1) is 16.6 Å². The van der Waals surface area contributed by atoms with Gasteiger partial charge in [-0.05, 0) is 18.2 Å². The summed E-state index contributed by atoms with van der Waals surface area (Å²) in [6, 6.07) is 5.50. The van der Waals surface area contributed by atoms with Crippen LogP contribution in [0.3, 0.4) is 0 Å². The molecule has 0 radical (unpaired) electrons. The highest BCUT2D eigenvalue weighted by atomic mass is 32.1. The van der Waals surface area contributed by atoms with Gasteiger partial charge in [-0.25, -0.2) is 0 Å². The minimum Gasteiger partial charge on any atom is -0.394 e. The van der Waals surface area contributed by atoms with Gasteiger partial charge in [-0.15, -0.1) is 11.3 Å². The van der Waals surface area contributed by atoms with Crippen molar-refractivity contribution >= 4 is 27.1 Å². The third-order valence-electron chi connectivity index (χ3n) is 2.69. The molecule has 0 saturated heterocycles. The van der Waals surface area contributed by atoms with E-state index in [1.54, 1.807) is 6.07 Å². The van der Waals surface area contributed by atoms with E-state index >= 15 is 0 Å². The standard InChI is InChI=1S/C12H7F3N2OS/c13-12(14,15)7-2-1-3-9-6(7)4-10(19-9)11-8(16)5-17-18-11/h1-5H,16H2. The molecule has 0 aliphatic rings. The highest BCUT2D eigenvalue weighted by Gasteiger charge is 2.33. The Morgan fingerprint density at radius 2 is 2.05 bits per heavy atom. The number of hydrogen-bond donors (Lipinski definition) is 1. The molecule has 0 bridgehead atoms. The van der Waals surface area contributed by atoms with Gasteiger partial charge in [0.15, 0.2) is 5.76 Å². The van der Waals surface area contributed by atoms with Crippen LogP contribution in [0.25, 0.3) is 20.7 Å². The second-order valence-corrected chi connectivity index (χ2v) is 5.02. The molecule has 3 aromatic rings. The molecular weight excluding hydrogens is 277 g/mol. The summed E-state index contributed by atoms with van der Waals surface area (Å²) in [5, 5.41) is 3.67. The van der Waals surface area contributed by atoms with Crippen LogP contribution in [0.1, 0.15) is 5.56 Å². The minimum atomic E-state index is -4.38. The molecule has 0 atom stereocenters. The maximum absolute atomic E-state index is 12.9. The van der Waals surface area contributed by atoms with Crippen LogP contribution < -0.4 is 5.73 Å². The zero-order valence-electron chi connectivity index (χ0n) is 9.36. The number of rotatable bonds is 1. The monoisotopic (exact) mass is 284 g/mol. The summed E-state index contributed by atoms with van der Waals surface area (Å²) in [5.74, 6) is 0.300. The quantitative estimate of drug-likeness (QED) is 0.730. The van der Waals surface area contributed by atoms with Crippen LogP contribution in [0.2, 0.25) is 0 Å². The van der Waals surface area contributed by atoms with Crippen molar-refractivity contribution in [2.75, 3.05) is 5.73 Å². The molecule has 3 nitrogen and oxygen atoms in total. The summed E-state index contributed by atoms with van der Waals surface area (Å²) in [7, 11) is 0. The number of hydrogen-bond acceptors (Lipinski definition) is 4. The van der Waals surface area contributed by atoms with Gasteiger partial charge in [0.2, 0.25) is 0 Å². The Bertz CT molecular complexity index is 745. The lowest BCUT2D eigenvalue weighted by atomic mass is 10.1. The summed E-state index contributed by atoms with van der Waals surface area (Å²) in [4.78, 5) is 0.529. The Morgan fingerprint density at radius 3 is 2.68 bits per heavy atom. The summed E-state index contributed by atoms with van der Waals surface area (Å²) < 4.78 is 44.2. The van der Waals surface area contributed by atoms with Crippen LogP contribution in [0.15, 0.2) is 35.0 Å². The van der Waals surface area contributed by atoms with Gasteiger partial charge in [-0.3, -0.25) is 0 Å². The number of anilines is 1. The van der Waals surface area contributed by atoms with E-state index in [1.807, 2.05) is 0 Å². The molecule has 2 N–H and O–H groups in total. The molecule has 0 unspecified atom stereocenters. The zero-order valence-corrected chi connectivity index (χ0v) is 10.2. The van der Waals surface area contributed by atoms with E-state index in [9.17, 15) is 13.2 Å². The Hall–Kier alpha value is -2.02. The number of fused-ring (bicyclic) bond motifs is 1. The average Bonchev–Trinajstić information content (AvgIpc) is 2.91. The van der Waals surface area contributed by atoms with Crippen LogP contribution in [-0.4, -0.2) is 5.16 Å². The van der Waals surface area contributed by atoms with Crippen molar-refractivity contribution in [1.29, 1.82) is 0 Å². The molecule has 0 aliphatic carbocycles. The number of nitrogens with zero attached hydrogens (tertiary/aromatic N) is 1. The minimum absolute atomic E-state index is 0.144. The fraction of sp³-hybridized carbons (Fsp3) is 0.0833. The fourth-order valence-corrected chi connectivity index (χ4v) is 2.94. The number of nitrogen functional groups attached to an aromatic ring is 1. The number of halogens is 3. The van der Waals surface area contributed by atoms with Crippen LogP contribution >= 0.6 is 11.3 Å². The van der Waals surface area contributed by atoms with Crippen LogP contribution in [0.4, 0.5) is 18.9 Å². The number of nitrogens with two attached hydrogens (primary N) is 1. The predicted molar refractivity (Wildman–Crippen MR) is 66.7 cm³/mol. The molecule has 0 saturated carbocycles. The Balaban J connectivity index is 2.25. The molecule has 19 heavy (non-hydrogen) atoms. The maximum Gasteiger partial charge on any atom is 0.417 e. The van der Waals surface area contributed by atoms with Gasteiger partial charge in [-0.2, -0.15) is 13.2 Å². The topological polar surface area (TPSA) is 52.0 Å². The van der Waals surface area contributed by atoms with Crippen molar-refractivity contribution in [2.45, 2.75) is 6.18 Å². The number of aromatic nitrogens is 1. The van der Waals surface area contributed by atoms with E-state index in [0.717, 1.165) is 6.07 Å². The number of benzene rings is 1. The molecular formula is C12H7F3N2OS. The molecule has 7 heteroatoms. The molecule has 0 aliphatic heterocycles. The van der Waals surface area contributed by atoms with Crippen molar-refractivity contribution in [3.8, 4) is 10.6 Å². The summed E-state index contributed by atoms with van der Waals surface area (Å²) in [6.45, 7) is 0. The van der Waals surface area contributed by atoms with E-state index in [0.29, 0.717) is 21.0 Å². The predicted octanol–water partition coefficient (Wildman–Crippen LogP) is 4.16. The first-order valence-electron chi connectivity index (χ1n) is 5.27.